The van der Waals surface area contributed by atoms with E-state index in [0.29, 0.717) is 27.2 Å². The van der Waals surface area contributed by atoms with Crippen molar-refractivity contribution in [2.24, 2.45) is 10.8 Å². The van der Waals surface area contributed by atoms with Gasteiger partial charge in [0.05, 0.1) is 21.3 Å². The van der Waals surface area contributed by atoms with E-state index in [2.05, 4.69) is 10.5 Å². The first-order chi connectivity index (χ1) is 13.8. The van der Waals surface area contributed by atoms with Gasteiger partial charge in [-0.15, -0.1) is 0 Å². The number of hydrazone groups is 1. The van der Waals surface area contributed by atoms with Crippen LogP contribution in [0.2, 0.25) is 0 Å². The maximum absolute atomic E-state index is 12.1. The second-order valence-electron chi connectivity index (χ2n) is 5.52. The highest BCUT2D eigenvalue weighted by Crippen LogP contribution is 2.33. The van der Waals surface area contributed by atoms with Crippen molar-refractivity contribution in [3.8, 4) is 11.5 Å². The number of nitrogens with two attached hydrogens (primary N) is 1. The summed E-state index contributed by atoms with van der Waals surface area (Å²) < 4.78 is 11.6. The number of primary amides is 1. The number of hydrogen-bond donors (Lipinski definition) is 2. The van der Waals surface area contributed by atoms with Crippen LogP contribution in [0.15, 0.2) is 41.5 Å². The zero-order valence-corrected chi connectivity index (χ0v) is 17.4. The van der Waals surface area contributed by atoms with Crippen molar-refractivity contribution in [3.05, 3.63) is 61.2 Å². The molecule has 29 heavy (non-hydrogen) atoms. The molecule has 0 bridgehead atoms. The van der Waals surface area contributed by atoms with E-state index in [4.69, 9.17) is 15.2 Å². The Kier molecular flexibility index (Phi) is 7.88. The summed E-state index contributed by atoms with van der Waals surface area (Å²) in [6.45, 7) is 1.88. The first-order valence-electron chi connectivity index (χ1n) is 8.27. The van der Waals surface area contributed by atoms with Gasteiger partial charge in [0.2, 0.25) is 0 Å². The first-order valence-corrected chi connectivity index (χ1v) is 9.35. The molecule has 0 aliphatic carbocycles. The van der Waals surface area contributed by atoms with E-state index in [1.165, 1.54) is 24.4 Å². The minimum absolute atomic E-state index is 0.108. The Hall–Kier alpha value is -3.22. The highest BCUT2D eigenvalue weighted by molar-refractivity contribution is 14.1. The minimum atomic E-state index is -0.613. The standard InChI is InChI=1S/C18H17IN4O6/c1-2-28-15-7-11(6-14(19)17(15)29-10-16(20)24)9-21-22-18(25)12-4-3-5-13(8-12)23(26)27/h3-9H,2,10H2,1H3,(H2,20,24)(H,22,25)/b21-9+. The van der Waals surface area contributed by atoms with Gasteiger partial charge in [0.15, 0.2) is 18.1 Å². The topological polar surface area (TPSA) is 146 Å². The number of carbonyl (C=O) groups excluding carboxylic acids is 2. The molecule has 0 aliphatic heterocycles. The highest BCUT2D eigenvalue weighted by atomic mass is 127. The number of ether oxygens (including phenoxy) is 2. The quantitative estimate of drug-likeness (QED) is 0.228. The Morgan fingerprint density at radius 3 is 2.72 bits per heavy atom. The summed E-state index contributed by atoms with van der Waals surface area (Å²) in [4.78, 5) is 33.3. The monoisotopic (exact) mass is 512 g/mol. The fourth-order valence-electron chi connectivity index (χ4n) is 2.20. The molecule has 152 valence electrons. The highest BCUT2D eigenvalue weighted by Gasteiger charge is 2.13. The van der Waals surface area contributed by atoms with Crippen LogP contribution in [0.4, 0.5) is 5.69 Å². The molecule has 0 saturated heterocycles. The van der Waals surface area contributed by atoms with Crippen LogP contribution in [-0.2, 0) is 4.79 Å². The predicted octanol–water partition coefficient (Wildman–Crippen LogP) is 2.23. The second kappa shape index (κ2) is 10.4. The molecule has 0 aromatic heterocycles. The Morgan fingerprint density at radius 1 is 1.31 bits per heavy atom. The lowest BCUT2D eigenvalue weighted by molar-refractivity contribution is -0.384. The van der Waals surface area contributed by atoms with Gasteiger partial charge in [0.1, 0.15) is 0 Å². The lowest BCUT2D eigenvalue weighted by Gasteiger charge is -2.13. The lowest BCUT2D eigenvalue weighted by atomic mass is 10.2. The van der Waals surface area contributed by atoms with E-state index >= 15 is 0 Å². The van der Waals surface area contributed by atoms with Crippen LogP contribution in [0, 0.1) is 13.7 Å². The molecule has 10 nitrogen and oxygen atoms in total. The lowest BCUT2D eigenvalue weighted by Crippen LogP contribution is -2.20. The van der Waals surface area contributed by atoms with Crippen LogP contribution in [0.25, 0.3) is 0 Å². The maximum Gasteiger partial charge on any atom is 0.271 e. The Morgan fingerprint density at radius 2 is 2.07 bits per heavy atom. The van der Waals surface area contributed by atoms with Crippen LogP contribution in [0.5, 0.6) is 11.5 Å². The number of amides is 2. The van der Waals surface area contributed by atoms with Gasteiger partial charge in [-0.05, 0) is 53.3 Å². The van der Waals surface area contributed by atoms with E-state index in [9.17, 15) is 19.7 Å². The van der Waals surface area contributed by atoms with Gasteiger partial charge < -0.3 is 15.2 Å². The van der Waals surface area contributed by atoms with Crippen molar-refractivity contribution in [2.75, 3.05) is 13.2 Å². The smallest absolute Gasteiger partial charge is 0.271 e. The first kappa shape index (κ1) is 22.1. The summed E-state index contributed by atoms with van der Waals surface area (Å²) in [5, 5.41) is 14.7. The van der Waals surface area contributed by atoms with Crippen LogP contribution in [0.3, 0.4) is 0 Å². The van der Waals surface area contributed by atoms with Crippen molar-refractivity contribution in [3.63, 3.8) is 0 Å². The number of carbonyl (C=O) groups is 2. The van der Waals surface area contributed by atoms with Gasteiger partial charge in [-0.1, -0.05) is 6.07 Å². The molecule has 0 radical (unpaired) electrons. The summed E-state index contributed by atoms with van der Waals surface area (Å²) in [6.07, 6.45) is 1.39. The molecule has 0 unspecified atom stereocenters. The summed E-state index contributed by atoms with van der Waals surface area (Å²) in [6, 6.07) is 8.65. The molecule has 2 amide bonds. The van der Waals surface area contributed by atoms with Crippen LogP contribution in [0.1, 0.15) is 22.8 Å². The Bertz CT molecular complexity index is 963. The number of non-ortho nitro benzene ring substituents is 1. The largest absolute Gasteiger partial charge is 0.490 e. The van der Waals surface area contributed by atoms with Crippen molar-refractivity contribution in [2.45, 2.75) is 6.92 Å². The summed E-state index contributed by atoms with van der Waals surface area (Å²) in [7, 11) is 0. The molecule has 0 aliphatic rings. The second-order valence-corrected chi connectivity index (χ2v) is 6.69. The van der Waals surface area contributed by atoms with Gasteiger partial charge in [-0.25, -0.2) is 5.43 Å². The molecule has 2 aromatic carbocycles. The number of nitro groups is 1. The average Bonchev–Trinajstić information content (AvgIpc) is 2.67. The third-order valence-electron chi connectivity index (χ3n) is 3.39. The Labute approximate surface area is 179 Å². The fourth-order valence-corrected chi connectivity index (χ4v) is 2.98. The number of nitrogens with zero attached hydrogens (tertiary/aromatic N) is 2. The van der Waals surface area contributed by atoms with Crippen molar-refractivity contribution in [1.29, 1.82) is 0 Å². The summed E-state index contributed by atoms with van der Waals surface area (Å²) >= 11 is 2.01. The molecular formula is C18H17IN4O6. The molecule has 0 heterocycles. The van der Waals surface area contributed by atoms with E-state index in [-0.39, 0.29) is 17.9 Å². The van der Waals surface area contributed by atoms with E-state index < -0.39 is 16.7 Å². The number of nitrogens with one attached hydrogen (secondary N) is 1. The molecular weight excluding hydrogens is 495 g/mol. The number of benzene rings is 2. The maximum atomic E-state index is 12.1. The van der Waals surface area contributed by atoms with Crippen LogP contribution < -0.4 is 20.6 Å². The number of nitro benzene ring substituents is 1. The molecule has 0 spiro atoms. The molecule has 11 heteroatoms. The van der Waals surface area contributed by atoms with Gasteiger partial charge in [0.25, 0.3) is 17.5 Å². The Balaban J connectivity index is 2.15. The van der Waals surface area contributed by atoms with Gasteiger partial charge in [-0.2, -0.15) is 5.10 Å². The predicted molar refractivity (Wildman–Crippen MR) is 113 cm³/mol. The number of rotatable bonds is 9. The molecule has 0 atom stereocenters. The normalized spacial score (nSPS) is 10.6. The zero-order valence-electron chi connectivity index (χ0n) is 15.3. The van der Waals surface area contributed by atoms with E-state index in [1.54, 1.807) is 19.1 Å². The van der Waals surface area contributed by atoms with E-state index in [1.807, 2.05) is 22.6 Å². The number of hydrogen-bond acceptors (Lipinski definition) is 7. The van der Waals surface area contributed by atoms with Gasteiger partial charge >= 0.3 is 0 Å². The number of halogens is 1. The van der Waals surface area contributed by atoms with Gasteiger partial charge in [0, 0.05) is 17.7 Å². The van der Waals surface area contributed by atoms with Crippen molar-refractivity contribution < 1.29 is 24.0 Å². The molecule has 3 N–H and O–H groups in total. The van der Waals surface area contributed by atoms with Crippen LogP contribution >= 0.6 is 22.6 Å². The SMILES string of the molecule is CCOc1cc(/C=N/NC(=O)c2cccc([N+](=O)[O-])c2)cc(I)c1OCC(N)=O. The van der Waals surface area contributed by atoms with Crippen molar-refractivity contribution >= 4 is 46.3 Å². The molecule has 2 rings (SSSR count). The average molecular weight is 512 g/mol. The third-order valence-corrected chi connectivity index (χ3v) is 4.19. The van der Waals surface area contributed by atoms with E-state index in [0.717, 1.165) is 6.07 Å². The molecule has 2 aromatic rings. The third kappa shape index (κ3) is 6.41. The summed E-state index contributed by atoms with van der Waals surface area (Å²) in [5.41, 5.74) is 7.94. The fraction of sp³-hybridized carbons (Fsp3) is 0.167. The molecule has 0 fully saturated rings. The van der Waals surface area contributed by atoms with Crippen molar-refractivity contribution in [1.82, 2.24) is 5.43 Å². The minimum Gasteiger partial charge on any atom is -0.490 e. The van der Waals surface area contributed by atoms with Crippen LogP contribution in [-0.4, -0.2) is 36.2 Å². The molecule has 0 saturated carbocycles. The zero-order chi connectivity index (χ0) is 21.4. The summed E-state index contributed by atoms with van der Waals surface area (Å²) in [5.74, 6) is -0.431. The van der Waals surface area contributed by atoms with Gasteiger partial charge in [-0.3, -0.25) is 19.7 Å².